The molecule has 0 bridgehead atoms. The zero-order valence-electron chi connectivity index (χ0n) is 9.31. The Hall–Kier alpha value is -0.900. The Kier molecular flexibility index (Phi) is 7.68. The van der Waals surface area contributed by atoms with E-state index in [1.807, 2.05) is 30.3 Å². The summed E-state index contributed by atoms with van der Waals surface area (Å²) in [4.78, 5) is 5.06. The lowest BCUT2D eigenvalue weighted by Gasteiger charge is -1.97. The molecule has 0 aliphatic rings. The summed E-state index contributed by atoms with van der Waals surface area (Å²) in [6.45, 7) is 0.651. The monoisotopic (exact) mass is 284 g/mol. The van der Waals surface area contributed by atoms with Crippen molar-refractivity contribution < 1.29 is 4.84 Å². The molecule has 1 aromatic carbocycles. The Morgan fingerprint density at radius 2 is 1.75 bits per heavy atom. The van der Waals surface area contributed by atoms with Gasteiger partial charge in [-0.1, -0.05) is 40.5 Å². The molecule has 0 heterocycles. The van der Waals surface area contributed by atoms with E-state index >= 15 is 0 Å². The van der Waals surface area contributed by atoms with Crippen molar-refractivity contribution in [3.63, 3.8) is 0 Å². The molecule has 0 radical (unpaired) electrons. The highest BCUT2D eigenvalue weighted by molar-refractivity contribution is 9.09. The molecule has 3 nitrogen and oxygen atoms in total. The molecule has 0 atom stereocenters. The molecule has 0 amide bonds. The standard InChI is InChI=1S/C12H17BrN2O/c13-10-6-1-2-7-11-16-15-14-12-8-4-3-5-9-12/h3-5,8-9H,1-2,6-7,10-11H2/b15-14+. The first-order chi connectivity index (χ1) is 7.93. The van der Waals surface area contributed by atoms with Crippen LogP contribution in [0.3, 0.4) is 0 Å². The van der Waals surface area contributed by atoms with E-state index < -0.39 is 0 Å². The predicted octanol–water partition coefficient (Wildman–Crippen LogP) is 4.66. The summed E-state index contributed by atoms with van der Waals surface area (Å²) in [5.74, 6) is 0. The van der Waals surface area contributed by atoms with Crippen LogP contribution in [-0.2, 0) is 4.84 Å². The highest BCUT2D eigenvalue weighted by Crippen LogP contribution is 2.10. The Balaban J connectivity index is 2.01. The lowest BCUT2D eigenvalue weighted by molar-refractivity contribution is 0.121. The molecule has 0 aliphatic heterocycles. The van der Waals surface area contributed by atoms with Gasteiger partial charge in [0.15, 0.2) is 0 Å². The van der Waals surface area contributed by atoms with E-state index in [0.717, 1.165) is 17.4 Å². The smallest absolute Gasteiger partial charge is 0.119 e. The van der Waals surface area contributed by atoms with Gasteiger partial charge in [0.25, 0.3) is 0 Å². The van der Waals surface area contributed by atoms with E-state index in [-0.39, 0.29) is 0 Å². The molecular weight excluding hydrogens is 268 g/mol. The van der Waals surface area contributed by atoms with Crippen LogP contribution in [0.25, 0.3) is 0 Å². The topological polar surface area (TPSA) is 34.0 Å². The van der Waals surface area contributed by atoms with Crippen molar-refractivity contribution in [2.45, 2.75) is 25.7 Å². The Labute approximate surface area is 105 Å². The Morgan fingerprint density at radius 3 is 2.50 bits per heavy atom. The van der Waals surface area contributed by atoms with Crippen LogP contribution in [0.15, 0.2) is 40.7 Å². The number of hydrogen-bond acceptors (Lipinski definition) is 3. The van der Waals surface area contributed by atoms with Gasteiger partial charge in [0.2, 0.25) is 0 Å². The molecule has 0 spiro atoms. The van der Waals surface area contributed by atoms with Gasteiger partial charge in [-0.3, -0.25) is 0 Å². The average Bonchev–Trinajstić information content (AvgIpc) is 2.34. The van der Waals surface area contributed by atoms with Crippen molar-refractivity contribution in [2.75, 3.05) is 11.9 Å². The van der Waals surface area contributed by atoms with E-state index in [2.05, 4.69) is 26.3 Å². The van der Waals surface area contributed by atoms with E-state index in [1.54, 1.807) is 0 Å². The molecule has 1 aromatic rings. The third-order valence-corrected chi connectivity index (χ3v) is 2.65. The first-order valence-electron chi connectivity index (χ1n) is 5.57. The molecule has 4 heteroatoms. The SMILES string of the molecule is BrCCCCCCO/N=N/c1ccccc1. The van der Waals surface area contributed by atoms with Crippen molar-refractivity contribution in [1.82, 2.24) is 0 Å². The minimum absolute atomic E-state index is 0.651. The molecule has 0 aliphatic carbocycles. The fourth-order valence-electron chi connectivity index (χ4n) is 1.23. The van der Waals surface area contributed by atoms with Gasteiger partial charge in [-0.05, 0) is 31.4 Å². The van der Waals surface area contributed by atoms with Crippen molar-refractivity contribution in [1.29, 1.82) is 0 Å². The summed E-state index contributed by atoms with van der Waals surface area (Å²) in [5, 5.41) is 8.70. The predicted molar refractivity (Wildman–Crippen MR) is 69.2 cm³/mol. The maximum absolute atomic E-state index is 5.06. The summed E-state index contributed by atoms with van der Waals surface area (Å²) < 4.78 is 0. The maximum Gasteiger partial charge on any atom is 0.119 e. The summed E-state index contributed by atoms with van der Waals surface area (Å²) in [6, 6.07) is 9.58. The van der Waals surface area contributed by atoms with Gasteiger partial charge in [-0.15, -0.1) is 5.11 Å². The average molecular weight is 285 g/mol. The number of hydrogen-bond donors (Lipinski definition) is 0. The third-order valence-electron chi connectivity index (χ3n) is 2.09. The molecule has 0 unspecified atom stereocenters. The molecular formula is C12H17BrN2O. The van der Waals surface area contributed by atoms with Crippen LogP contribution < -0.4 is 0 Å². The van der Waals surface area contributed by atoms with Gasteiger partial charge in [0.1, 0.15) is 6.61 Å². The molecule has 0 aromatic heterocycles. The van der Waals surface area contributed by atoms with E-state index in [4.69, 9.17) is 4.84 Å². The molecule has 0 saturated heterocycles. The van der Waals surface area contributed by atoms with Crippen molar-refractivity contribution in [3.8, 4) is 0 Å². The number of alkyl halides is 1. The lowest BCUT2D eigenvalue weighted by atomic mass is 10.2. The maximum atomic E-state index is 5.06. The molecule has 16 heavy (non-hydrogen) atoms. The van der Waals surface area contributed by atoms with Crippen molar-refractivity contribution in [3.05, 3.63) is 30.3 Å². The summed E-state index contributed by atoms with van der Waals surface area (Å²) >= 11 is 3.40. The normalized spacial score (nSPS) is 10.8. The molecule has 88 valence electrons. The van der Waals surface area contributed by atoms with Gasteiger partial charge >= 0.3 is 0 Å². The number of unbranched alkanes of at least 4 members (excludes halogenated alkanes) is 3. The molecule has 0 saturated carbocycles. The van der Waals surface area contributed by atoms with Crippen molar-refractivity contribution in [2.24, 2.45) is 10.4 Å². The zero-order valence-corrected chi connectivity index (χ0v) is 10.9. The van der Waals surface area contributed by atoms with Gasteiger partial charge < -0.3 is 4.84 Å². The van der Waals surface area contributed by atoms with Crippen LogP contribution in [0.4, 0.5) is 5.69 Å². The quantitative estimate of drug-likeness (QED) is 0.296. The largest absolute Gasteiger partial charge is 0.379 e. The number of halogens is 1. The summed E-state index contributed by atoms with van der Waals surface area (Å²) in [6.07, 6.45) is 4.70. The fourth-order valence-corrected chi connectivity index (χ4v) is 1.62. The van der Waals surface area contributed by atoms with Gasteiger partial charge in [-0.25, -0.2) is 0 Å². The van der Waals surface area contributed by atoms with Crippen LogP contribution in [0.5, 0.6) is 0 Å². The van der Waals surface area contributed by atoms with E-state index in [9.17, 15) is 0 Å². The number of nitrogens with zero attached hydrogens (tertiary/aromatic N) is 2. The highest BCUT2D eigenvalue weighted by Gasteiger charge is 1.89. The van der Waals surface area contributed by atoms with Crippen LogP contribution in [0.1, 0.15) is 25.7 Å². The van der Waals surface area contributed by atoms with Crippen LogP contribution >= 0.6 is 15.9 Å². The highest BCUT2D eigenvalue weighted by atomic mass is 79.9. The summed E-state index contributed by atoms with van der Waals surface area (Å²) in [5.41, 5.74) is 0.821. The van der Waals surface area contributed by atoms with Crippen LogP contribution in [-0.4, -0.2) is 11.9 Å². The second-order valence-electron chi connectivity index (χ2n) is 3.45. The second-order valence-corrected chi connectivity index (χ2v) is 4.25. The van der Waals surface area contributed by atoms with Gasteiger partial charge in [0.05, 0.1) is 5.69 Å². The Bertz CT molecular complexity index is 290. The minimum Gasteiger partial charge on any atom is -0.379 e. The first-order valence-corrected chi connectivity index (χ1v) is 6.69. The third kappa shape index (κ3) is 6.56. The first kappa shape index (κ1) is 13.2. The second kappa shape index (κ2) is 9.33. The minimum atomic E-state index is 0.651. The number of benzene rings is 1. The Morgan fingerprint density at radius 1 is 1.00 bits per heavy atom. The molecule has 1 rings (SSSR count). The summed E-state index contributed by atoms with van der Waals surface area (Å²) in [7, 11) is 0. The van der Waals surface area contributed by atoms with E-state index in [0.29, 0.717) is 6.61 Å². The van der Waals surface area contributed by atoms with Gasteiger partial charge in [-0.2, -0.15) is 0 Å². The van der Waals surface area contributed by atoms with E-state index in [1.165, 1.54) is 19.3 Å². The van der Waals surface area contributed by atoms with Crippen molar-refractivity contribution >= 4 is 21.6 Å². The van der Waals surface area contributed by atoms with Crippen LogP contribution in [0.2, 0.25) is 0 Å². The van der Waals surface area contributed by atoms with Crippen LogP contribution in [0, 0.1) is 0 Å². The number of rotatable bonds is 8. The fraction of sp³-hybridized carbons (Fsp3) is 0.500. The molecule has 0 N–H and O–H groups in total. The molecule has 0 fully saturated rings. The lowest BCUT2D eigenvalue weighted by Crippen LogP contribution is -1.87. The van der Waals surface area contributed by atoms with Gasteiger partial charge in [0, 0.05) is 10.6 Å². The zero-order chi connectivity index (χ0) is 11.5.